The van der Waals surface area contributed by atoms with Gasteiger partial charge in [0.15, 0.2) is 0 Å². The quantitative estimate of drug-likeness (QED) is 0.841. The minimum absolute atomic E-state index is 0.0312. The first-order valence-electron chi connectivity index (χ1n) is 8.38. The molecule has 1 aromatic rings. The monoisotopic (exact) mass is 317 g/mol. The van der Waals surface area contributed by atoms with Crippen LogP contribution in [0.25, 0.3) is 0 Å². The summed E-state index contributed by atoms with van der Waals surface area (Å²) in [4.78, 5) is 27.8. The van der Waals surface area contributed by atoms with Crippen LogP contribution in [0.3, 0.4) is 0 Å². The minimum Gasteiger partial charge on any atom is -0.372 e. The first kappa shape index (κ1) is 17.3. The molecule has 0 bridgehead atoms. The van der Waals surface area contributed by atoms with Crippen molar-refractivity contribution < 1.29 is 9.59 Å². The van der Waals surface area contributed by atoms with Crippen molar-refractivity contribution in [2.24, 2.45) is 0 Å². The van der Waals surface area contributed by atoms with Crippen LogP contribution >= 0.6 is 0 Å². The zero-order valence-electron chi connectivity index (χ0n) is 14.6. The van der Waals surface area contributed by atoms with Gasteiger partial charge in [-0.25, -0.2) is 0 Å². The first-order chi connectivity index (χ1) is 11.0. The number of aryl methyl sites for hydroxylation is 1. The lowest BCUT2D eigenvalue weighted by atomic mass is 10.1. The molecule has 1 aliphatic rings. The number of hydrogen-bond donors (Lipinski definition) is 1. The highest BCUT2D eigenvalue weighted by molar-refractivity contribution is 5.95. The third-order valence-electron chi connectivity index (χ3n) is 4.32. The van der Waals surface area contributed by atoms with Crippen LogP contribution in [0.4, 0.5) is 11.4 Å². The number of anilines is 2. The van der Waals surface area contributed by atoms with Gasteiger partial charge in [0, 0.05) is 37.4 Å². The molecule has 5 nitrogen and oxygen atoms in total. The van der Waals surface area contributed by atoms with Crippen LogP contribution in [0, 0.1) is 6.92 Å². The molecule has 0 spiro atoms. The number of benzene rings is 1. The summed E-state index contributed by atoms with van der Waals surface area (Å²) in [6.45, 7) is 9.82. The lowest BCUT2D eigenvalue weighted by molar-refractivity contribution is -0.133. The normalized spacial score (nSPS) is 13.6. The fourth-order valence-electron chi connectivity index (χ4n) is 2.80. The van der Waals surface area contributed by atoms with Gasteiger partial charge in [0.05, 0.1) is 0 Å². The highest BCUT2D eigenvalue weighted by atomic mass is 16.2. The second kappa shape index (κ2) is 7.49. The Morgan fingerprint density at radius 2 is 1.87 bits per heavy atom. The summed E-state index contributed by atoms with van der Waals surface area (Å²) in [5.74, 6) is -0.165. The Bertz CT molecular complexity index is 578. The summed E-state index contributed by atoms with van der Waals surface area (Å²) in [5.41, 5.74) is 3.00. The molecule has 1 fully saturated rings. The van der Waals surface area contributed by atoms with Crippen LogP contribution in [0.5, 0.6) is 0 Å². The van der Waals surface area contributed by atoms with E-state index in [9.17, 15) is 9.59 Å². The zero-order valence-corrected chi connectivity index (χ0v) is 14.6. The van der Waals surface area contributed by atoms with Crippen molar-refractivity contribution in [3.63, 3.8) is 0 Å². The highest BCUT2D eigenvalue weighted by Crippen LogP contribution is 2.27. The number of amides is 2. The van der Waals surface area contributed by atoms with E-state index in [1.165, 1.54) is 6.92 Å². The van der Waals surface area contributed by atoms with Crippen LogP contribution < -0.4 is 10.2 Å². The van der Waals surface area contributed by atoms with E-state index in [-0.39, 0.29) is 24.4 Å². The predicted molar refractivity (Wildman–Crippen MR) is 93.8 cm³/mol. The number of hydrogen-bond acceptors (Lipinski definition) is 3. The van der Waals surface area contributed by atoms with Crippen molar-refractivity contribution >= 4 is 23.2 Å². The van der Waals surface area contributed by atoms with E-state index in [0.29, 0.717) is 0 Å². The lowest BCUT2D eigenvalue weighted by Gasteiger charge is -2.23. The third-order valence-corrected chi connectivity index (χ3v) is 4.32. The first-order valence-corrected chi connectivity index (χ1v) is 8.38. The van der Waals surface area contributed by atoms with Gasteiger partial charge in [-0.15, -0.1) is 0 Å². The second-order valence-electron chi connectivity index (χ2n) is 6.10. The van der Waals surface area contributed by atoms with Crippen molar-refractivity contribution in [3.8, 4) is 0 Å². The smallest absolute Gasteiger partial charge is 0.244 e. The summed E-state index contributed by atoms with van der Waals surface area (Å²) in [6, 6.07) is 6.31. The minimum atomic E-state index is -0.134. The van der Waals surface area contributed by atoms with E-state index >= 15 is 0 Å². The molecular weight excluding hydrogens is 290 g/mol. The Hall–Kier alpha value is -2.04. The van der Waals surface area contributed by atoms with Crippen LogP contribution in [0.15, 0.2) is 18.2 Å². The summed E-state index contributed by atoms with van der Waals surface area (Å²) in [6.07, 6.45) is 2.01. The largest absolute Gasteiger partial charge is 0.372 e. The zero-order chi connectivity index (χ0) is 17.0. The van der Waals surface area contributed by atoms with E-state index in [2.05, 4.69) is 30.1 Å². The van der Waals surface area contributed by atoms with E-state index in [1.54, 1.807) is 4.90 Å². The molecule has 2 rings (SSSR count). The van der Waals surface area contributed by atoms with Crippen LogP contribution in [-0.4, -0.2) is 42.4 Å². The summed E-state index contributed by atoms with van der Waals surface area (Å²) >= 11 is 0. The molecular formula is C18H27N3O2. The van der Waals surface area contributed by atoms with Gasteiger partial charge in [-0.05, 0) is 57.4 Å². The van der Waals surface area contributed by atoms with Crippen molar-refractivity contribution in [1.82, 2.24) is 4.90 Å². The molecule has 0 unspecified atom stereocenters. The van der Waals surface area contributed by atoms with Gasteiger partial charge in [0.1, 0.15) is 6.54 Å². The maximum Gasteiger partial charge on any atom is 0.244 e. The average Bonchev–Trinajstić information content (AvgIpc) is 3.33. The van der Waals surface area contributed by atoms with Crippen molar-refractivity contribution in [1.29, 1.82) is 0 Å². The molecule has 23 heavy (non-hydrogen) atoms. The van der Waals surface area contributed by atoms with Gasteiger partial charge in [-0.3, -0.25) is 9.59 Å². The molecule has 0 aliphatic heterocycles. The second-order valence-corrected chi connectivity index (χ2v) is 6.10. The molecule has 5 heteroatoms. The molecule has 1 aromatic carbocycles. The molecule has 0 heterocycles. The highest BCUT2D eigenvalue weighted by Gasteiger charge is 2.32. The fraction of sp³-hybridized carbons (Fsp3) is 0.556. The van der Waals surface area contributed by atoms with Gasteiger partial charge >= 0.3 is 0 Å². The molecule has 1 saturated carbocycles. The number of carbonyl (C=O) groups is 2. The van der Waals surface area contributed by atoms with Crippen LogP contribution in [-0.2, 0) is 9.59 Å². The van der Waals surface area contributed by atoms with Crippen molar-refractivity contribution in [3.05, 3.63) is 23.8 Å². The van der Waals surface area contributed by atoms with E-state index in [0.717, 1.165) is 42.9 Å². The van der Waals surface area contributed by atoms with Crippen molar-refractivity contribution in [2.75, 3.05) is 29.9 Å². The Labute approximate surface area is 138 Å². The molecule has 126 valence electrons. The molecule has 0 aromatic heterocycles. The summed E-state index contributed by atoms with van der Waals surface area (Å²) in [7, 11) is 0. The molecule has 1 N–H and O–H groups in total. The summed E-state index contributed by atoms with van der Waals surface area (Å²) < 4.78 is 0. The average molecular weight is 317 g/mol. The van der Waals surface area contributed by atoms with E-state index in [1.807, 2.05) is 19.1 Å². The molecule has 0 saturated heterocycles. The maximum absolute atomic E-state index is 12.2. The number of carbonyl (C=O) groups excluding carboxylic acids is 2. The maximum atomic E-state index is 12.2. The summed E-state index contributed by atoms with van der Waals surface area (Å²) in [5, 5.41) is 2.93. The Morgan fingerprint density at radius 1 is 1.22 bits per heavy atom. The number of rotatable bonds is 7. The van der Waals surface area contributed by atoms with E-state index < -0.39 is 0 Å². The third kappa shape index (κ3) is 4.47. The lowest BCUT2D eigenvalue weighted by Crippen LogP contribution is -2.38. The number of nitrogens with zero attached hydrogens (tertiary/aromatic N) is 2. The topological polar surface area (TPSA) is 52.7 Å². The van der Waals surface area contributed by atoms with Crippen LogP contribution in [0.2, 0.25) is 0 Å². The SMILES string of the molecule is CCN(CC)c1ccc(NC(=O)CN(C(C)=O)C2CC2)c(C)c1. The van der Waals surface area contributed by atoms with E-state index in [4.69, 9.17) is 0 Å². The predicted octanol–water partition coefficient (Wildman–Crippen LogP) is 2.79. The Morgan fingerprint density at radius 3 is 2.35 bits per heavy atom. The fourth-order valence-corrected chi connectivity index (χ4v) is 2.80. The van der Waals surface area contributed by atoms with Gasteiger partial charge in [0.25, 0.3) is 0 Å². The van der Waals surface area contributed by atoms with Crippen molar-refractivity contribution in [2.45, 2.75) is 46.6 Å². The molecule has 0 radical (unpaired) electrons. The Kier molecular flexibility index (Phi) is 5.64. The van der Waals surface area contributed by atoms with Crippen LogP contribution in [0.1, 0.15) is 39.2 Å². The van der Waals surface area contributed by atoms with Gasteiger partial charge in [-0.2, -0.15) is 0 Å². The molecule has 0 atom stereocenters. The van der Waals surface area contributed by atoms with Gasteiger partial charge in [0.2, 0.25) is 11.8 Å². The molecule has 2 amide bonds. The Balaban J connectivity index is 2.01. The van der Waals surface area contributed by atoms with Gasteiger partial charge < -0.3 is 15.1 Å². The molecule has 1 aliphatic carbocycles. The number of nitrogens with one attached hydrogen (secondary N) is 1. The standard InChI is InChI=1S/C18H27N3O2/c1-5-20(6-2)16-9-10-17(13(3)11-16)19-18(23)12-21(14(4)22)15-7-8-15/h9-11,15H,5-8,12H2,1-4H3,(H,19,23). The van der Waals surface area contributed by atoms with Gasteiger partial charge in [-0.1, -0.05) is 0 Å².